The summed E-state index contributed by atoms with van der Waals surface area (Å²) < 4.78 is 1.16. The van der Waals surface area contributed by atoms with Crippen LogP contribution in [0.25, 0.3) is 65.5 Å². The fourth-order valence-electron chi connectivity index (χ4n) is 8.16. The van der Waals surface area contributed by atoms with Gasteiger partial charge >= 0.3 is 18.6 Å². The van der Waals surface area contributed by atoms with Crippen LogP contribution in [0.5, 0.6) is 0 Å². The molecule has 0 amide bonds. The van der Waals surface area contributed by atoms with Crippen LogP contribution < -0.4 is 0 Å². The van der Waals surface area contributed by atoms with Gasteiger partial charge in [-0.25, -0.2) is 15.0 Å². The quantitative estimate of drug-likeness (QED) is 0.0281. The number of hydrogen-bond donors (Lipinski definition) is 0. The second-order valence-corrected chi connectivity index (χ2v) is 24.2. The van der Waals surface area contributed by atoms with Gasteiger partial charge in [0.05, 0.1) is 22.4 Å². The van der Waals surface area contributed by atoms with Crippen LogP contribution in [0.1, 0.15) is 139 Å². The SMILES string of the molecule is BrBr.CC.CC.CC.CC.CC.CC.CC(=O)c1ccc(CCCl)cc1.ClCCc1ccc(-c2csc(-c3ccccc3)n2)cc1.ICCc1ccc(-c2csc(-c3ccccc3)n2)cc1.O=C(CBr)c1ccc(CCCl)cc1.[C-]#C.[CH2-]Cc1ccc(-c2csc(-c3ccccc3)n2)cc1.[V+2]. The molecule has 5 nitrogen and oxygen atoms in total. The van der Waals surface area contributed by atoms with Gasteiger partial charge in [-0.2, -0.15) is 6.42 Å². The predicted octanol–water partition coefficient (Wildman–Crippen LogP) is 29.3. The molecule has 16 heteroatoms. The van der Waals surface area contributed by atoms with E-state index in [0.717, 1.165) is 90.9 Å². The number of carbonyl (C=O) groups excluding carboxylic acids is 2. The zero-order valence-electron chi connectivity index (χ0n) is 60.8. The van der Waals surface area contributed by atoms with E-state index in [1.807, 2.05) is 174 Å². The first-order valence-corrected chi connectivity index (χ1v) is 44.3. The molecule has 11 aromatic rings. The first kappa shape index (κ1) is 100. The molecule has 0 spiro atoms. The van der Waals surface area contributed by atoms with Crippen LogP contribution >= 0.6 is 136 Å². The number of nitrogens with zero attached hydrogens (tertiary/aromatic N) is 3. The van der Waals surface area contributed by atoms with Gasteiger partial charge in [-0.05, 0) is 54.9 Å². The third-order valence-corrected chi connectivity index (χ3v) is 17.2. The molecule has 0 saturated carbocycles. The molecule has 0 aliphatic carbocycles. The van der Waals surface area contributed by atoms with E-state index in [-0.39, 0.29) is 30.1 Å². The number of benzene rings is 8. The Morgan fingerprint density at radius 2 is 0.653 bits per heavy atom. The molecule has 0 saturated heterocycles. The van der Waals surface area contributed by atoms with Gasteiger partial charge in [-0.3, -0.25) is 9.59 Å². The number of terminal acetylenes is 1. The van der Waals surface area contributed by atoms with E-state index in [0.29, 0.717) is 23.0 Å². The molecule has 8 aromatic carbocycles. The largest absolute Gasteiger partial charge is 2.00 e. The van der Waals surface area contributed by atoms with Crippen molar-refractivity contribution in [1.29, 1.82) is 0 Å². The third-order valence-electron chi connectivity index (χ3n) is 12.9. The van der Waals surface area contributed by atoms with Gasteiger partial charge < -0.3 is 19.8 Å². The number of carbonyl (C=O) groups is 2. The van der Waals surface area contributed by atoms with Crippen LogP contribution in [0.2, 0.25) is 0 Å². The van der Waals surface area contributed by atoms with Crippen molar-refractivity contribution >= 4 is 147 Å². The van der Waals surface area contributed by atoms with Gasteiger partial charge in [-0.1, -0.05) is 339 Å². The molecule has 11 rings (SSSR count). The van der Waals surface area contributed by atoms with E-state index in [2.05, 4.69) is 218 Å². The van der Waals surface area contributed by atoms with Crippen LogP contribution in [0.4, 0.5) is 0 Å². The number of Topliss-reactive ketones (excluding diaryl/α,β-unsaturated/α-hetero) is 2. The van der Waals surface area contributed by atoms with Crippen molar-refractivity contribution in [1.82, 2.24) is 15.0 Å². The minimum Gasteiger partial charge on any atom is -0.697 e. The average molecular weight is 1820 g/mol. The van der Waals surface area contributed by atoms with Crippen molar-refractivity contribution in [3.05, 3.63) is 281 Å². The maximum Gasteiger partial charge on any atom is 2.00 e. The second-order valence-electron chi connectivity index (χ2n) is 18.8. The molecule has 3 aromatic heterocycles. The predicted molar refractivity (Wildman–Crippen MR) is 469 cm³/mol. The summed E-state index contributed by atoms with van der Waals surface area (Å²) in [5.74, 6) is 2.11. The van der Waals surface area contributed by atoms with Crippen molar-refractivity contribution < 1.29 is 28.1 Å². The van der Waals surface area contributed by atoms with Crippen molar-refractivity contribution in [2.24, 2.45) is 0 Å². The Balaban J connectivity index is -0.00000114. The normalized spacial score (nSPS) is 9.10. The number of aromatic nitrogens is 3. The molecule has 0 fully saturated rings. The summed E-state index contributed by atoms with van der Waals surface area (Å²) in [6.07, 6.45) is 13.6. The number of rotatable bonds is 18. The van der Waals surface area contributed by atoms with Crippen LogP contribution in [-0.2, 0) is 50.7 Å². The second kappa shape index (κ2) is 67.1. The smallest absolute Gasteiger partial charge is 0.697 e. The Bertz CT molecular complexity index is 3610. The molecule has 539 valence electrons. The van der Waals surface area contributed by atoms with Crippen LogP contribution in [0, 0.1) is 19.8 Å². The summed E-state index contributed by atoms with van der Waals surface area (Å²) >= 11 is 33.0. The zero-order chi connectivity index (χ0) is 75.3. The van der Waals surface area contributed by atoms with Crippen molar-refractivity contribution in [3.8, 4) is 71.9 Å². The summed E-state index contributed by atoms with van der Waals surface area (Å²) in [5, 5.41) is 9.94. The number of alkyl halides is 5. The summed E-state index contributed by atoms with van der Waals surface area (Å²) in [6, 6.07) is 71.7. The number of ketones is 2. The number of hydrogen-bond acceptors (Lipinski definition) is 8. The molecular weight excluding hydrogens is 1720 g/mol. The fraction of sp³-hybridized carbons (Fsp3) is 0.271. The van der Waals surface area contributed by atoms with Crippen LogP contribution in [0.3, 0.4) is 0 Å². The number of halogens is 7. The van der Waals surface area contributed by atoms with Crippen LogP contribution in [-0.4, -0.2) is 53.9 Å². The standard InChI is InChI=1S/C17H14ClNS.C17H14INS.C17H14NS.C10H10BrClO.C10H11ClO.6C2H6.C2H.Br2.V/c2*18-11-10-13-6-8-14(9-7-13)16-12-20-17(19-16)15-4-2-1-3-5-15;1-2-13-8-10-14(11-9-13)16-12-19-17(18-16)15-6-4-3-5-7-15;11-7-10(13)9-3-1-8(2-4-9)5-6-12;1-8(12)10-4-2-9(3-5-10)6-7-11;8*1-2;/h2*1-9,12H,10-11H2;3-12H,1-2H2;1-4H,5-7H2;2-5H,6-7H2,1H3;6*1-2H3;1H;;/q;;-1;;;;;;;;;-1;;+2. The van der Waals surface area contributed by atoms with Gasteiger partial charge in [0.2, 0.25) is 0 Å². The van der Waals surface area contributed by atoms with Gasteiger partial charge in [0.1, 0.15) is 15.0 Å². The molecular formula is C85H100Br3Cl3IN3O2S3V. The molecule has 0 unspecified atom stereocenters. The Hall–Kier alpha value is -4.83. The first-order valence-electron chi connectivity index (χ1n) is 33.7. The Morgan fingerprint density at radius 3 is 0.891 bits per heavy atom. The summed E-state index contributed by atoms with van der Waals surface area (Å²) in [4.78, 5) is 36.3. The van der Waals surface area contributed by atoms with E-state index in [1.54, 1.807) is 40.9 Å². The van der Waals surface area contributed by atoms with E-state index in [1.165, 1.54) is 50.1 Å². The minimum atomic E-state index is 0. The molecule has 1 radical (unpaired) electrons. The Kier molecular flexibility index (Phi) is 66.6. The molecule has 0 aliphatic heterocycles. The number of thiazole rings is 3. The monoisotopic (exact) mass is 1810 g/mol. The Labute approximate surface area is 685 Å². The van der Waals surface area contributed by atoms with Crippen molar-refractivity contribution in [3.63, 3.8) is 0 Å². The zero-order valence-corrected chi connectivity index (χ0v) is 73.8. The van der Waals surface area contributed by atoms with Crippen molar-refractivity contribution in [2.75, 3.05) is 27.4 Å². The summed E-state index contributed by atoms with van der Waals surface area (Å²) in [6.45, 7) is 29.5. The Morgan fingerprint density at radius 1 is 0.406 bits per heavy atom. The maximum atomic E-state index is 11.2. The minimum absolute atomic E-state index is 0. The van der Waals surface area contributed by atoms with Gasteiger partial charge in [0, 0.05) is 111 Å². The molecule has 3 heterocycles. The fourth-order valence-corrected chi connectivity index (χ4v) is 12.3. The van der Waals surface area contributed by atoms with E-state index in [9.17, 15) is 9.59 Å². The molecule has 101 heavy (non-hydrogen) atoms. The average Bonchev–Trinajstić information content (AvgIpc) is 1.73. The summed E-state index contributed by atoms with van der Waals surface area (Å²) in [7, 11) is 0. The molecule has 0 aliphatic rings. The van der Waals surface area contributed by atoms with Gasteiger partial charge in [-0.15, -0.1) is 68.8 Å². The third kappa shape index (κ3) is 39.8. The molecule has 0 atom stereocenters. The molecule has 0 bridgehead atoms. The van der Waals surface area contributed by atoms with Gasteiger partial charge in [0.15, 0.2) is 11.6 Å². The topological polar surface area (TPSA) is 72.8 Å². The summed E-state index contributed by atoms with van der Waals surface area (Å²) in [5.41, 5.74) is 17.9. The van der Waals surface area contributed by atoms with E-state index in [4.69, 9.17) is 56.2 Å². The number of aryl methyl sites for hydroxylation is 4. The molecule has 0 N–H and O–H groups in total. The first-order chi connectivity index (χ1) is 49.1. The van der Waals surface area contributed by atoms with Crippen LogP contribution in [0.15, 0.2) is 228 Å². The van der Waals surface area contributed by atoms with E-state index < -0.39 is 0 Å². The van der Waals surface area contributed by atoms with Gasteiger partial charge in [0.25, 0.3) is 0 Å². The van der Waals surface area contributed by atoms with E-state index >= 15 is 0 Å². The van der Waals surface area contributed by atoms with Crippen molar-refractivity contribution in [2.45, 2.75) is 122 Å². The maximum absolute atomic E-state index is 11.2.